The summed E-state index contributed by atoms with van der Waals surface area (Å²) in [6, 6.07) is 16.1. The van der Waals surface area contributed by atoms with Crippen molar-refractivity contribution >= 4 is 23.1 Å². The average Bonchev–Trinajstić information content (AvgIpc) is 2.54. The molecule has 0 radical (unpaired) electrons. The van der Waals surface area contributed by atoms with Crippen LogP contribution in [-0.4, -0.2) is 19.9 Å². The van der Waals surface area contributed by atoms with Gasteiger partial charge in [0.05, 0.1) is 18.4 Å². The van der Waals surface area contributed by atoms with E-state index >= 15 is 0 Å². The fourth-order valence-corrected chi connectivity index (χ4v) is 2.91. The lowest BCUT2D eigenvalue weighted by Gasteiger charge is -2.22. The monoisotopic (exact) mass is 298 g/mol. The van der Waals surface area contributed by atoms with Crippen LogP contribution < -0.4 is 9.64 Å². The first kappa shape index (κ1) is 15.3. The molecule has 0 aliphatic carbocycles. The van der Waals surface area contributed by atoms with Crippen molar-refractivity contribution in [1.82, 2.24) is 0 Å². The topological polar surface area (TPSA) is 36.3 Å². The van der Waals surface area contributed by atoms with E-state index in [0.717, 1.165) is 33.3 Å². The van der Waals surface area contributed by atoms with E-state index < -0.39 is 0 Å². The molecule has 0 spiro atoms. The van der Waals surface area contributed by atoms with Gasteiger partial charge in [0.15, 0.2) is 0 Å². The number of rotatable bonds is 5. The van der Waals surface area contributed by atoms with Crippen LogP contribution in [-0.2, 0) is 0 Å². The predicted octanol–water partition coefficient (Wildman–Crippen LogP) is 4.45. The first-order chi connectivity index (χ1) is 10.2. The van der Waals surface area contributed by atoms with Crippen molar-refractivity contribution in [3.05, 3.63) is 48.0 Å². The van der Waals surface area contributed by atoms with E-state index in [9.17, 15) is 5.26 Å². The summed E-state index contributed by atoms with van der Waals surface area (Å²) in [6.07, 6.45) is 0. The zero-order valence-corrected chi connectivity index (χ0v) is 13.3. The van der Waals surface area contributed by atoms with Gasteiger partial charge in [-0.3, -0.25) is 0 Å². The molecule has 2 aromatic carbocycles. The van der Waals surface area contributed by atoms with Gasteiger partial charge >= 0.3 is 0 Å². The Morgan fingerprint density at radius 2 is 1.90 bits per heavy atom. The molecule has 0 bridgehead atoms. The quantitative estimate of drug-likeness (QED) is 0.764. The number of thioether (sulfide) groups is 1. The third-order valence-electron chi connectivity index (χ3n) is 3.24. The second-order valence-electron chi connectivity index (χ2n) is 4.45. The third kappa shape index (κ3) is 3.32. The summed E-state index contributed by atoms with van der Waals surface area (Å²) in [7, 11) is 3.62. The predicted molar refractivity (Wildman–Crippen MR) is 88.6 cm³/mol. The Labute approximate surface area is 130 Å². The van der Waals surface area contributed by atoms with E-state index in [1.165, 1.54) is 0 Å². The fraction of sp³-hybridized carbons (Fsp3) is 0.235. The molecule has 0 aliphatic heterocycles. The molecule has 0 atom stereocenters. The van der Waals surface area contributed by atoms with Gasteiger partial charge in [-0.2, -0.15) is 5.26 Å². The van der Waals surface area contributed by atoms with Gasteiger partial charge in [0.1, 0.15) is 11.8 Å². The number of benzene rings is 2. The van der Waals surface area contributed by atoms with Gasteiger partial charge in [-0.1, -0.05) is 13.0 Å². The molecule has 2 aromatic rings. The van der Waals surface area contributed by atoms with E-state index in [0.29, 0.717) is 0 Å². The third-order valence-corrected chi connectivity index (χ3v) is 4.18. The zero-order valence-electron chi connectivity index (χ0n) is 12.5. The second kappa shape index (κ2) is 7.05. The summed E-state index contributed by atoms with van der Waals surface area (Å²) in [5.41, 5.74) is 2.66. The highest BCUT2D eigenvalue weighted by atomic mass is 32.2. The minimum atomic E-state index is 0.725. The lowest BCUT2D eigenvalue weighted by atomic mass is 10.1. The lowest BCUT2D eigenvalue weighted by Crippen LogP contribution is -2.11. The van der Waals surface area contributed by atoms with E-state index in [4.69, 9.17) is 4.74 Å². The van der Waals surface area contributed by atoms with Crippen molar-refractivity contribution in [2.75, 3.05) is 24.8 Å². The molecule has 3 nitrogen and oxygen atoms in total. The summed E-state index contributed by atoms with van der Waals surface area (Å²) >= 11 is 1.69. The van der Waals surface area contributed by atoms with Crippen LogP contribution in [0.5, 0.6) is 5.75 Å². The number of nitriles is 1. The van der Waals surface area contributed by atoms with Crippen molar-refractivity contribution in [3.63, 3.8) is 0 Å². The number of methoxy groups -OCH3 is 1. The molecular weight excluding hydrogens is 280 g/mol. The molecule has 0 saturated heterocycles. The molecule has 21 heavy (non-hydrogen) atoms. The molecular formula is C17H18N2OS. The Hall–Kier alpha value is -2.12. The van der Waals surface area contributed by atoms with Gasteiger partial charge in [0, 0.05) is 17.6 Å². The Morgan fingerprint density at radius 1 is 1.19 bits per heavy atom. The Balaban J connectivity index is 2.40. The summed E-state index contributed by atoms with van der Waals surface area (Å²) in [6.45, 7) is 2.09. The van der Waals surface area contributed by atoms with Crippen LogP contribution in [0, 0.1) is 11.3 Å². The molecule has 0 aliphatic rings. The molecule has 108 valence electrons. The van der Waals surface area contributed by atoms with Crippen LogP contribution in [0.3, 0.4) is 0 Å². The van der Waals surface area contributed by atoms with E-state index in [2.05, 4.69) is 13.0 Å². The van der Waals surface area contributed by atoms with Crippen molar-refractivity contribution in [2.45, 2.75) is 11.8 Å². The molecule has 4 heteroatoms. The number of ether oxygens (including phenoxy) is 1. The zero-order chi connectivity index (χ0) is 15.2. The molecule has 0 heterocycles. The SMILES string of the molecule is CCSc1cccc(N(C)c2ccc(OC)cc2)c1C#N. The second-order valence-corrected chi connectivity index (χ2v) is 5.76. The van der Waals surface area contributed by atoms with Crippen LogP contribution in [0.25, 0.3) is 0 Å². The van der Waals surface area contributed by atoms with Gasteiger partial charge in [0.2, 0.25) is 0 Å². The Morgan fingerprint density at radius 3 is 2.48 bits per heavy atom. The van der Waals surface area contributed by atoms with Crippen LogP contribution in [0.1, 0.15) is 12.5 Å². The highest BCUT2D eigenvalue weighted by Gasteiger charge is 2.13. The maximum atomic E-state index is 9.49. The highest BCUT2D eigenvalue weighted by Crippen LogP contribution is 2.33. The van der Waals surface area contributed by atoms with Crippen LogP contribution in [0.2, 0.25) is 0 Å². The van der Waals surface area contributed by atoms with Crippen LogP contribution in [0.4, 0.5) is 11.4 Å². The van der Waals surface area contributed by atoms with E-state index in [1.54, 1.807) is 18.9 Å². The molecule has 0 fully saturated rings. The van der Waals surface area contributed by atoms with Crippen LogP contribution in [0.15, 0.2) is 47.4 Å². The minimum Gasteiger partial charge on any atom is -0.497 e. The number of anilines is 2. The number of nitrogens with zero attached hydrogens (tertiary/aromatic N) is 2. The summed E-state index contributed by atoms with van der Waals surface area (Å²) < 4.78 is 5.18. The van der Waals surface area contributed by atoms with Gasteiger partial charge in [-0.15, -0.1) is 11.8 Å². The first-order valence-electron chi connectivity index (χ1n) is 6.75. The molecule has 0 N–H and O–H groups in total. The van der Waals surface area contributed by atoms with E-state index in [-0.39, 0.29) is 0 Å². The van der Waals surface area contributed by atoms with Crippen molar-refractivity contribution in [2.24, 2.45) is 0 Å². The highest BCUT2D eigenvalue weighted by molar-refractivity contribution is 7.99. The normalized spacial score (nSPS) is 10.0. The minimum absolute atomic E-state index is 0.725. The average molecular weight is 298 g/mol. The van der Waals surface area contributed by atoms with E-state index in [1.807, 2.05) is 54.4 Å². The van der Waals surface area contributed by atoms with Crippen molar-refractivity contribution < 1.29 is 4.74 Å². The van der Waals surface area contributed by atoms with Crippen molar-refractivity contribution in [1.29, 1.82) is 5.26 Å². The summed E-state index contributed by atoms with van der Waals surface area (Å²) in [4.78, 5) is 3.05. The van der Waals surface area contributed by atoms with Gasteiger partial charge in [0.25, 0.3) is 0 Å². The summed E-state index contributed by atoms with van der Waals surface area (Å²) in [5.74, 6) is 1.77. The smallest absolute Gasteiger partial charge is 0.119 e. The Kier molecular flexibility index (Phi) is 5.13. The molecule has 0 amide bonds. The largest absolute Gasteiger partial charge is 0.497 e. The van der Waals surface area contributed by atoms with Crippen LogP contribution >= 0.6 is 11.8 Å². The lowest BCUT2D eigenvalue weighted by molar-refractivity contribution is 0.415. The van der Waals surface area contributed by atoms with Gasteiger partial charge < -0.3 is 9.64 Å². The van der Waals surface area contributed by atoms with Gasteiger partial charge in [-0.05, 0) is 42.2 Å². The summed E-state index contributed by atoms with van der Waals surface area (Å²) in [5, 5.41) is 9.49. The standard InChI is InChI=1S/C17H18N2OS/c1-4-21-17-7-5-6-16(15(17)12-18)19(2)13-8-10-14(20-3)11-9-13/h5-11H,4H2,1-3H3. The molecule has 2 rings (SSSR count). The molecule has 0 unspecified atom stereocenters. The first-order valence-corrected chi connectivity index (χ1v) is 7.73. The molecule has 0 aromatic heterocycles. The maximum absolute atomic E-state index is 9.49. The van der Waals surface area contributed by atoms with Crippen molar-refractivity contribution in [3.8, 4) is 11.8 Å². The number of hydrogen-bond acceptors (Lipinski definition) is 4. The fourth-order valence-electron chi connectivity index (χ4n) is 2.13. The number of hydrogen-bond donors (Lipinski definition) is 0. The van der Waals surface area contributed by atoms with Gasteiger partial charge in [-0.25, -0.2) is 0 Å². The molecule has 0 saturated carbocycles. The maximum Gasteiger partial charge on any atom is 0.119 e. The Bertz CT molecular complexity index is 647.